The van der Waals surface area contributed by atoms with Crippen LogP contribution in [-0.2, 0) is 6.54 Å². The van der Waals surface area contributed by atoms with Crippen molar-refractivity contribution in [2.45, 2.75) is 6.54 Å². The maximum absolute atomic E-state index is 12.4. The van der Waals surface area contributed by atoms with E-state index in [0.29, 0.717) is 34.2 Å². The second-order valence-corrected chi connectivity index (χ2v) is 5.99. The Morgan fingerprint density at radius 2 is 1.92 bits per heavy atom. The standard InChI is InChI=1S/C20H15ClN4O/c21-17-6-4-14(5-7-17)13-24-19-11-16(8-9-23-19)20(26)25-18-3-1-2-15(10-18)12-22/h1-11H,13H2,(H,23,24)(H,25,26). The molecule has 0 spiro atoms. The second-order valence-electron chi connectivity index (χ2n) is 5.56. The Balaban J connectivity index is 1.67. The molecule has 2 N–H and O–H groups in total. The van der Waals surface area contributed by atoms with Crippen molar-refractivity contribution in [2.24, 2.45) is 0 Å². The predicted octanol–water partition coefficient (Wildman–Crippen LogP) is 4.47. The van der Waals surface area contributed by atoms with Gasteiger partial charge in [0.2, 0.25) is 0 Å². The van der Waals surface area contributed by atoms with Crippen molar-refractivity contribution in [2.75, 3.05) is 10.6 Å². The van der Waals surface area contributed by atoms with Crippen LogP contribution in [0.3, 0.4) is 0 Å². The van der Waals surface area contributed by atoms with E-state index in [1.165, 1.54) is 0 Å². The Bertz CT molecular complexity index is 964. The minimum atomic E-state index is -0.267. The third kappa shape index (κ3) is 4.59. The number of pyridine rings is 1. The van der Waals surface area contributed by atoms with Crippen LogP contribution < -0.4 is 10.6 Å². The summed E-state index contributed by atoms with van der Waals surface area (Å²) in [6, 6.07) is 19.6. The van der Waals surface area contributed by atoms with E-state index in [9.17, 15) is 4.79 Å². The first-order chi connectivity index (χ1) is 12.6. The normalized spacial score (nSPS) is 10.0. The molecule has 26 heavy (non-hydrogen) atoms. The summed E-state index contributed by atoms with van der Waals surface area (Å²) in [5.41, 5.74) is 2.59. The maximum atomic E-state index is 12.4. The fourth-order valence-electron chi connectivity index (χ4n) is 2.33. The Hall–Kier alpha value is -3.36. The predicted molar refractivity (Wildman–Crippen MR) is 102 cm³/mol. The first-order valence-corrected chi connectivity index (χ1v) is 8.28. The topological polar surface area (TPSA) is 77.8 Å². The summed E-state index contributed by atoms with van der Waals surface area (Å²) >= 11 is 5.87. The van der Waals surface area contributed by atoms with Gasteiger partial charge in [0.15, 0.2) is 0 Å². The lowest BCUT2D eigenvalue weighted by Gasteiger charge is -2.09. The summed E-state index contributed by atoms with van der Waals surface area (Å²) < 4.78 is 0. The number of aromatic nitrogens is 1. The number of nitrogens with one attached hydrogen (secondary N) is 2. The first-order valence-electron chi connectivity index (χ1n) is 7.90. The fraction of sp³-hybridized carbons (Fsp3) is 0.0500. The number of anilines is 2. The van der Waals surface area contributed by atoms with E-state index < -0.39 is 0 Å². The highest BCUT2D eigenvalue weighted by molar-refractivity contribution is 6.30. The van der Waals surface area contributed by atoms with E-state index in [2.05, 4.69) is 15.6 Å². The van der Waals surface area contributed by atoms with Crippen molar-refractivity contribution in [1.82, 2.24) is 4.98 Å². The van der Waals surface area contributed by atoms with Crippen molar-refractivity contribution in [3.63, 3.8) is 0 Å². The second kappa shape index (κ2) is 8.15. The molecule has 0 aliphatic carbocycles. The van der Waals surface area contributed by atoms with Crippen LogP contribution in [0.5, 0.6) is 0 Å². The van der Waals surface area contributed by atoms with Crippen LogP contribution in [0.4, 0.5) is 11.5 Å². The van der Waals surface area contributed by atoms with E-state index in [0.717, 1.165) is 5.56 Å². The summed E-state index contributed by atoms with van der Waals surface area (Å²) in [5, 5.41) is 15.6. The van der Waals surface area contributed by atoms with Crippen LogP contribution in [0.2, 0.25) is 5.02 Å². The van der Waals surface area contributed by atoms with Gasteiger partial charge in [-0.15, -0.1) is 0 Å². The molecule has 1 heterocycles. The molecule has 2 aromatic carbocycles. The number of carbonyl (C=O) groups is 1. The van der Waals surface area contributed by atoms with Gasteiger partial charge in [0.1, 0.15) is 5.82 Å². The highest BCUT2D eigenvalue weighted by atomic mass is 35.5. The van der Waals surface area contributed by atoms with Crippen LogP contribution in [0.15, 0.2) is 66.9 Å². The molecular formula is C20H15ClN4O. The van der Waals surface area contributed by atoms with Gasteiger partial charge < -0.3 is 10.6 Å². The Morgan fingerprint density at radius 3 is 2.69 bits per heavy atom. The van der Waals surface area contributed by atoms with E-state index in [4.69, 9.17) is 16.9 Å². The van der Waals surface area contributed by atoms with Gasteiger partial charge >= 0.3 is 0 Å². The van der Waals surface area contributed by atoms with Gasteiger partial charge in [0.05, 0.1) is 11.6 Å². The molecule has 128 valence electrons. The lowest BCUT2D eigenvalue weighted by atomic mass is 10.2. The smallest absolute Gasteiger partial charge is 0.255 e. The molecule has 3 rings (SSSR count). The number of hydrogen-bond donors (Lipinski definition) is 2. The molecule has 1 aromatic heterocycles. The highest BCUT2D eigenvalue weighted by Crippen LogP contribution is 2.15. The van der Waals surface area contributed by atoms with E-state index in [1.54, 1.807) is 42.6 Å². The first kappa shape index (κ1) is 17.5. The minimum Gasteiger partial charge on any atom is -0.366 e. The maximum Gasteiger partial charge on any atom is 0.255 e. The van der Waals surface area contributed by atoms with Crippen LogP contribution in [0, 0.1) is 11.3 Å². The van der Waals surface area contributed by atoms with Gasteiger partial charge in [-0.1, -0.05) is 29.8 Å². The summed E-state index contributed by atoms with van der Waals surface area (Å²) in [4.78, 5) is 16.6. The van der Waals surface area contributed by atoms with Crippen LogP contribution in [-0.4, -0.2) is 10.9 Å². The SMILES string of the molecule is N#Cc1cccc(NC(=O)c2ccnc(NCc3ccc(Cl)cc3)c2)c1. The molecule has 0 bridgehead atoms. The highest BCUT2D eigenvalue weighted by Gasteiger charge is 2.08. The van der Waals surface area contributed by atoms with Crippen LogP contribution >= 0.6 is 11.6 Å². The van der Waals surface area contributed by atoms with Gasteiger partial charge in [0.25, 0.3) is 5.91 Å². The molecule has 5 nitrogen and oxygen atoms in total. The lowest BCUT2D eigenvalue weighted by molar-refractivity contribution is 0.102. The van der Waals surface area contributed by atoms with E-state index in [1.807, 2.05) is 30.3 Å². The molecule has 0 radical (unpaired) electrons. The molecule has 0 aliphatic heterocycles. The molecule has 0 fully saturated rings. The molecule has 0 unspecified atom stereocenters. The Morgan fingerprint density at radius 1 is 1.12 bits per heavy atom. The zero-order valence-electron chi connectivity index (χ0n) is 13.7. The van der Waals surface area contributed by atoms with Gasteiger partial charge in [-0.3, -0.25) is 4.79 Å². The summed E-state index contributed by atoms with van der Waals surface area (Å²) in [6.07, 6.45) is 1.57. The van der Waals surface area contributed by atoms with Crippen molar-refractivity contribution in [3.05, 3.63) is 88.6 Å². The monoisotopic (exact) mass is 362 g/mol. The van der Waals surface area contributed by atoms with Gasteiger partial charge in [-0.25, -0.2) is 4.98 Å². The summed E-state index contributed by atoms with van der Waals surface area (Å²) in [5.74, 6) is 0.329. The van der Waals surface area contributed by atoms with Crippen molar-refractivity contribution >= 4 is 29.0 Å². The van der Waals surface area contributed by atoms with Crippen LogP contribution in [0.1, 0.15) is 21.5 Å². The van der Waals surface area contributed by atoms with E-state index in [-0.39, 0.29) is 5.91 Å². The van der Waals surface area contributed by atoms with Crippen LogP contribution in [0.25, 0.3) is 0 Å². The molecule has 0 aliphatic rings. The number of rotatable bonds is 5. The molecular weight excluding hydrogens is 348 g/mol. The summed E-state index contributed by atoms with van der Waals surface area (Å²) in [7, 11) is 0. The largest absolute Gasteiger partial charge is 0.366 e. The molecule has 6 heteroatoms. The number of nitriles is 1. The zero-order chi connectivity index (χ0) is 18.4. The zero-order valence-corrected chi connectivity index (χ0v) is 14.5. The molecule has 3 aromatic rings. The number of benzene rings is 2. The number of amides is 1. The third-order valence-corrected chi connectivity index (χ3v) is 3.91. The lowest BCUT2D eigenvalue weighted by Crippen LogP contribution is -2.13. The Kier molecular flexibility index (Phi) is 5.47. The van der Waals surface area contributed by atoms with E-state index >= 15 is 0 Å². The number of carbonyl (C=O) groups excluding carboxylic acids is 1. The number of halogens is 1. The van der Waals surface area contributed by atoms with Crippen molar-refractivity contribution in [3.8, 4) is 6.07 Å². The van der Waals surface area contributed by atoms with Gasteiger partial charge in [-0.05, 0) is 48.0 Å². The molecule has 1 amide bonds. The average Bonchev–Trinajstić information content (AvgIpc) is 2.68. The average molecular weight is 363 g/mol. The molecule has 0 saturated heterocycles. The number of nitrogens with zero attached hydrogens (tertiary/aromatic N) is 2. The fourth-order valence-corrected chi connectivity index (χ4v) is 2.46. The summed E-state index contributed by atoms with van der Waals surface area (Å²) in [6.45, 7) is 0.569. The van der Waals surface area contributed by atoms with Gasteiger partial charge in [0, 0.05) is 29.0 Å². The Labute approximate surface area is 156 Å². The quantitative estimate of drug-likeness (QED) is 0.701. The number of hydrogen-bond acceptors (Lipinski definition) is 4. The van der Waals surface area contributed by atoms with Crippen molar-refractivity contribution < 1.29 is 4.79 Å². The van der Waals surface area contributed by atoms with Crippen molar-refractivity contribution in [1.29, 1.82) is 5.26 Å². The molecule has 0 atom stereocenters. The van der Waals surface area contributed by atoms with Gasteiger partial charge in [-0.2, -0.15) is 5.26 Å². The minimum absolute atomic E-state index is 0.267. The third-order valence-electron chi connectivity index (χ3n) is 3.66. The molecule has 0 saturated carbocycles.